The summed E-state index contributed by atoms with van der Waals surface area (Å²) < 4.78 is 5.05. The van der Waals surface area contributed by atoms with E-state index in [1.807, 2.05) is 18.2 Å². The molecule has 0 aliphatic carbocycles. The average molecular weight is 303 g/mol. The normalized spacial score (nSPS) is 10.3. The van der Waals surface area contributed by atoms with Gasteiger partial charge < -0.3 is 15.4 Å². The highest BCUT2D eigenvalue weighted by molar-refractivity contribution is 7.98. The highest BCUT2D eigenvalue weighted by Gasteiger charge is 2.19. The van der Waals surface area contributed by atoms with Crippen molar-refractivity contribution in [3.8, 4) is 0 Å². The third kappa shape index (κ3) is 4.21. The minimum atomic E-state index is -0.400. The second kappa shape index (κ2) is 7.50. The molecule has 0 heterocycles. The fraction of sp³-hybridized carbons (Fsp3) is 0.462. The standard InChI is InChI=1S/C13H19ClN2O2S/c1-4-18-13(17)10-7-9(15)8-11(14)12(10)16(2)5-6-19-3/h7-8H,4-6,15H2,1-3H3. The number of nitrogen functional groups attached to an aromatic ring is 1. The molecule has 2 N–H and O–H groups in total. The van der Waals surface area contributed by atoms with Crippen molar-refractivity contribution in [2.45, 2.75) is 6.92 Å². The molecule has 4 nitrogen and oxygen atoms in total. The molecule has 0 aromatic heterocycles. The van der Waals surface area contributed by atoms with E-state index in [4.69, 9.17) is 22.1 Å². The van der Waals surface area contributed by atoms with E-state index in [0.717, 1.165) is 12.3 Å². The maximum Gasteiger partial charge on any atom is 0.340 e. The molecule has 106 valence electrons. The second-order valence-corrected chi connectivity index (χ2v) is 5.43. The highest BCUT2D eigenvalue weighted by atomic mass is 35.5. The number of nitrogens with two attached hydrogens (primary N) is 1. The van der Waals surface area contributed by atoms with Crippen molar-refractivity contribution in [1.29, 1.82) is 0 Å². The first kappa shape index (κ1) is 16.0. The fourth-order valence-corrected chi connectivity index (χ4v) is 2.54. The van der Waals surface area contributed by atoms with Gasteiger partial charge in [0.05, 0.1) is 22.9 Å². The number of esters is 1. The van der Waals surface area contributed by atoms with Crippen molar-refractivity contribution < 1.29 is 9.53 Å². The zero-order chi connectivity index (χ0) is 14.4. The lowest BCUT2D eigenvalue weighted by Gasteiger charge is -2.23. The lowest BCUT2D eigenvalue weighted by molar-refractivity contribution is 0.0527. The molecule has 1 rings (SSSR count). The van der Waals surface area contributed by atoms with Crippen LogP contribution in [0.2, 0.25) is 5.02 Å². The van der Waals surface area contributed by atoms with E-state index >= 15 is 0 Å². The van der Waals surface area contributed by atoms with Gasteiger partial charge >= 0.3 is 5.97 Å². The molecule has 0 amide bonds. The molecule has 0 atom stereocenters. The Kier molecular flexibility index (Phi) is 6.31. The van der Waals surface area contributed by atoms with Gasteiger partial charge in [0.25, 0.3) is 0 Å². The largest absolute Gasteiger partial charge is 0.462 e. The molecule has 0 bridgehead atoms. The average Bonchev–Trinajstić information content (AvgIpc) is 2.35. The lowest BCUT2D eigenvalue weighted by atomic mass is 10.1. The molecule has 0 aliphatic heterocycles. The number of carbonyl (C=O) groups is 1. The third-order valence-electron chi connectivity index (χ3n) is 2.59. The van der Waals surface area contributed by atoms with Crippen molar-refractivity contribution in [3.05, 3.63) is 22.7 Å². The van der Waals surface area contributed by atoms with Gasteiger partial charge in [0.1, 0.15) is 0 Å². The zero-order valence-electron chi connectivity index (χ0n) is 11.4. The molecule has 6 heteroatoms. The highest BCUT2D eigenvalue weighted by Crippen LogP contribution is 2.32. The summed E-state index contributed by atoms with van der Waals surface area (Å²) in [7, 11) is 1.90. The van der Waals surface area contributed by atoms with Crippen LogP contribution in [0.15, 0.2) is 12.1 Å². The van der Waals surface area contributed by atoms with E-state index in [0.29, 0.717) is 28.6 Å². The first-order valence-corrected chi connectivity index (χ1v) is 7.74. The Morgan fingerprint density at radius 1 is 1.53 bits per heavy atom. The van der Waals surface area contributed by atoms with Gasteiger partial charge in [-0.25, -0.2) is 4.79 Å². The Morgan fingerprint density at radius 3 is 2.79 bits per heavy atom. The molecule has 1 aromatic rings. The van der Waals surface area contributed by atoms with E-state index < -0.39 is 5.97 Å². The number of thioether (sulfide) groups is 1. The predicted molar refractivity (Wildman–Crippen MR) is 83.5 cm³/mol. The summed E-state index contributed by atoms with van der Waals surface area (Å²) >= 11 is 7.95. The van der Waals surface area contributed by atoms with Crippen LogP contribution >= 0.6 is 23.4 Å². The van der Waals surface area contributed by atoms with Gasteiger partial charge in [0.2, 0.25) is 0 Å². The van der Waals surface area contributed by atoms with Gasteiger partial charge in [-0.2, -0.15) is 11.8 Å². The van der Waals surface area contributed by atoms with Crippen LogP contribution in [0.25, 0.3) is 0 Å². The predicted octanol–water partition coefficient (Wildman–Crippen LogP) is 2.90. The van der Waals surface area contributed by atoms with E-state index in [1.54, 1.807) is 30.8 Å². The van der Waals surface area contributed by atoms with Crippen LogP contribution in [0, 0.1) is 0 Å². The molecule has 0 unspecified atom stereocenters. The number of ether oxygens (including phenoxy) is 1. The molecule has 0 saturated carbocycles. The maximum atomic E-state index is 12.0. The molecule has 0 saturated heterocycles. The van der Waals surface area contributed by atoms with Gasteiger partial charge in [0, 0.05) is 25.0 Å². The van der Waals surface area contributed by atoms with Gasteiger partial charge in [-0.1, -0.05) is 11.6 Å². The van der Waals surface area contributed by atoms with Gasteiger partial charge in [0.15, 0.2) is 0 Å². The number of carbonyl (C=O) groups excluding carboxylic acids is 1. The van der Waals surface area contributed by atoms with Crippen LogP contribution in [0.4, 0.5) is 11.4 Å². The summed E-state index contributed by atoms with van der Waals surface area (Å²) in [5.74, 6) is 0.544. The van der Waals surface area contributed by atoms with Gasteiger partial charge in [-0.3, -0.25) is 0 Å². The summed E-state index contributed by atoms with van der Waals surface area (Å²) in [5, 5.41) is 0.464. The monoisotopic (exact) mass is 302 g/mol. The summed E-state index contributed by atoms with van der Waals surface area (Å²) in [5.41, 5.74) is 7.28. The van der Waals surface area contributed by atoms with E-state index in [1.165, 1.54) is 0 Å². The Bertz CT molecular complexity index is 455. The van der Waals surface area contributed by atoms with Crippen molar-refractivity contribution >= 4 is 40.7 Å². The number of rotatable bonds is 6. The van der Waals surface area contributed by atoms with Crippen molar-refractivity contribution in [1.82, 2.24) is 0 Å². The van der Waals surface area contributed by atoms with E-state index in [9.17, 15) is 4.79 Å². The fourth-order valence-electron chi connectivity index (χ4n) is 1.71. The molecule has 0 radical (unpaired) electrons. The van der Waals surface area contributed by atoms with E-state index in [-0.39, 0.29) is 0 Å². The summed E-state index contributed by atoms with van der Waals surface area (Å²) in [6, 6.07) is 3.25. The van der Waals surface area contributed by atoms with Crippen LogP contribution in [-0.2, 0) is 4.74 Å². The summed E-state index contributed by atoms with van der Waals surface area (Å²) in [6.45, 7) is 2.87. The van der Waals surface area contributed by atoms with Crippen molar-refractivity contribution in [2.75, 3.05) is 42.8 Å². The number of benzene rings is 1. The number of anilines is 2. The number of halogens is 1. The molecule has 0 fully saturated rings. The Morgan fingerprint density at radius 2 is 2.21 bits per heavy atom. The van der Waals surface area contributed by atoms with Gasteiger partial charge in [-0.15, -0.1) is 0 Å². The first-order chi connectivity index (χ1) is 9.01. The molecular weight excluding hydrogens is 284 g/mol. The Balaban J connectivity index is 3.16. The SMILES string of the molecule is CCOC(=O)c1cc(N)cc(Cl)c1N(C)CCSC. The Labute approximate surface area is 123 Å². The first-order valence-electron chi connectivity index (χ1n) is 5.97. The lowest BCUT2D eigenvalue weighted by Crippen LogP contribution is -2.23. The van der Waals surface area contributed by atoms with Crippen LogP contribution in [0.3, 0.4) is 0 Å². The van der Waals surface area contributed by atoms with E-state index in [2.05, 4.69) is 0 Å². The quantitative estimate of drug-likeness (QED) is 0.647. The number of hydrogen-bond donors (Lipinski definition) is 1. The molecular formula is C13H19ClN2O2S. The minimum Gasteiger partial charge on any atom is -0.462 e. The molecule has 0 aliphatic rings. The third-order valence-corrected chi connectivity index (χ3v) is 3.47. The van der Waals surface area contributed by atoms with Crippen molar-refractivity contribution in [2.24, 2.45) is 0 Å². The van der Waals surface area contributed by atoms with Gasteiger partial charge in [-0.05, 0) is 25.3 Å². The van der Waals surface area contributed by atoms with Crippen molar-refractivity contribution in [3.63, 3.8) is 0 Å². The summed E-state index contributed by atoms with van der Waals surface area (Å²) in [6.07, 6.45) is 2.03. The van der Waals surface area contributed by atoms with Crippen LogP contribution in [0.5, 0.6) is 0 Å². The number of hydrogen-bond acceptors (Lipinski definition) is 5. The smallest absolute Gasteiger partial charge is 0.340 e. The summed E-state index contributed by atoms with van der Waals surface area (Å²) in [4.78, 5) is 13.9. The van der Waals surface area contributed by atoms with Crippen LogP contribution in [-0.4, -0.2) is 38.2 Å². The molecule has 1 aromatic carbocycles. The van der Waals surface area contributed by atoms with Crippen LogP contribution < -0.4 is 10.6 Å². The van der Waals surface area contributed by atoms with Crippen LogP contribution in [0.1, 0.15) is 17.3 Å². The molecule has 19 heavy (non-hydrogen) atoms. The number of nitrogens with zero attached hydrogens (tertiary/aromatic N) is 1. The zero-order valence-corrected chi connectivity index (χ0v) is 13.0. The maximum absolute atomic E-state index is 12.0. The second-order valence-electron chi connectivity index (χ2n) is 4.03. The topological polar surface area (TPSA) is 55.6 Å². The Hall–Kier alpha value is -1.07. The minimum absolute atomic E-state index is 0.319. The molecule has 0 spiro atoms.